The second-order valence-electron chi connectivity index (χ2n) is 17.5. The molecule has 0 atom stereocenters. The number of nitrogens with one attached hydrogen (secondary N) is 1. The summed E-state index contributed by atoms with van der Waals surface area (Å²) in [4.78, 5) is 5.08. The molecule has 3 heteroatoms. The van der Waals surface area contributed by atoms with Gasteiger partial charge in [0.1, 0.15) is 0 Å². The molecule has 234 valence electrons. The molecule has 2 aromatic rings. The van der Waals surface area contributed by atoms with Crippen molar-refractivity contribution >= 4 is 22.7 Å². The first-order chi connectivity index (χ1) is 19.6. The summed E-state index contributed by atoms with van der Waals surface area (Å²) < 4.78 is 0. The first kappa shape index (κ1) is 34.4. The lowest BCUT2D eigenvalue weighted by Crippen LogP contribution is -2.38. The Balaban J connectivity index is 2.08. The fourth-order valence-electron chi connectivity index (χ4n) is 5.76. The minimum atomic E-state index is 0.201. The molecule has 0 heterocycles. The molecule has 43 heavy (non-hydrogen) atoms. The minimum Gasteiger partial charge on any atom is -0.370 e. The molecule has 0 aromatic heterocycles. The Hall–Kier alpha value is -3.07. The van der Waals surface area contributed by atoms with Crippen LogP contribution >= 0.6 is 0 Å². The van der Waals surface area contributed by atoms with Crippen molar-refractivity contribution in [1.29, 1.82) is 5.41 Å². The third kappa shape index (κ3) is 10.9. The van der Waals surface area contributed by atoms with Crippen molar-refractivity contribution in [1.82, 2.24) is 0 Å². The fraction of sp³-hybridized carbons (Fsp3) is 0.525. The van der Waals surface area contributed by atoms with E-state index >= 15 is 0 Å². The van der Waals surface area contributed by atoms with E-state index in [1.54, 1.807) is 0 Å². The van der Waals surface area contributed by atoms with E-state index in [-0.39, 0.29) is 21.7 Å². The first-order valence-corrected chi connectivity index (χ1v) is 16.0. The number of allylic oxidation sites excluding steroid dienone is 5. The summed E-state index contributed by atoms with van der Waals surface area (Å²) in [6, 6.07) is 18.3. The zero-order valence-electron chi connectivity index (χ0n) is 29.6. The normalized spacial score (nSPS) is 14.6. The Morgan fingerprint density at radius 1 is 0.535 bits per heavy atom. The maximum Gasteiger partial charge on any atom is 0.0569 e. The molecule has 0 saturated carbocycles. The van der Waals surface area contributed by atoms with Crippen molar-refractivity contribution in [2.75, 3.05) is 36.0 Å². The van der Waals surface area contributed by atoms with Crippen molar-refractivity contribution in [2.45, 2.75) is 90.0 Å². The molecule has 2 aromatic carbocycles. The highest BCUT2D eigenvalue weighted by atomic mass is 15.1. The lowest BCUT2D eigenvalue weighted by atomic mass is 9.88. The highest BCUT2D eigenvalue weighted by molar-refractivity contribution is 6.08. The molecule has 0 amide bonds. The molecule has 0 spiro atoms. The van der Waals surface area contributed by atoms with Gasteiger partial charge < -0.3 is 15.2 Å². The van der Waals surface area contributed by atoms with Gasteiger partial charge in [0.15, 0.2) is 0 Å². The van der Waals surface area contributed by atoms with Crippen LogP contribution in [0.15, 0.2) is 77.9 Å². The summed E-state index contributed by atoms with van der Waals surface area (Å²) in [5.74, 6) is 0. The van der Waals surface area contributed by atoms with E-state index in [1.807, 2.05) is 13.0 Å². The standard InChI is InChI=1S/C40H59N3/c1-29-24-32(18-23-35(29)41)36(30-14-19-33(20-15-30)42(25-37(2,3)4)26-38(5,6)7)31-16-21-34(22-17-31)43(27-39(8,9)10)28-40(11,12)13/h14-24,41H,25-28H2,1-13H3. The number of rotatable bonds is 8. The third-order valence-electron chi connectivity index (χ3n) is 7.22. The lowest BCUT2D eigenvalue weighted by Gasteiger charge is -2.36. The number of nitrogens with zero attached hydrogens (tertiary/aromatic N) is 2. The van der Waals surface area contributed by atoms with Crippen LogP contribution in [-0.4, -0.2) is 31.9 Å². The topological polar surface area (TPSA) is 30.3 Å². The van der Waals surface area contributed by atoms with E-state index in [0.29, 0.717) is 5.71 Å². The molecule has 1 aliphatic rings. The van der Waals surface area contributed by atoms with E-state index in [0.717, 1.165) is 37.3 Å². The van der Waals surface area contributed by atoms with Crippen LogP contribution in [0.25, 0.3) is 5.57 Å². The summed E-state index contributed by atoms with van der Waals surface area (Å²) in [6.45, 7) is 33.8. The van der Waals surface area contributed by atoms with Crippen LogP contribution in [-0.2, 0) is 0 Å². The van der Waals surface area contributed by atoms with Gasteiger partial charge in [-0.15, -0.1) is 0 Å². The summed E-state index contributed by atoms with van der Waals surface area (Å²) in [7, 11) is 0. The van der Waals surface area contributed by atoms with Gasteiger partial charge in [-0.05, 0) is 92.8 Å². The molecule has 3 rings (SSSR count). The molecule has 0 unspecified atom stereocenters. The molecule has 0 bridgehead atoms. The van der Waals surface area contributed by atoms with Gasteiger partial charge in [0, 0.05) is 37.6 Å². The van der Waals surface area contributed by atoms with Crippen LogP contribution in [0.3, 0.4) is 0 Å². The molecule has 0 saturated heterocycles. The average Bonchev–Trinajstić information content (AvgIpc) is 2.83. The van der Waals surface area contributed by atoms with Crippen molar-refractivity contribution in [3.05, 3.63) is 89.0 Å². The van der Waals surface area contributed by atoms with Crippen molar-refractivity contribution in [2.24, 2.45) is 21.7 Å². The predicted molar refractivity (Wildman–Crippen MR) is 192 cm³/mol. The first-order valence-electron chi connectivity index (χ1n) is 16.0. The van der Waals surface area contributed by atoms with E-state index in [4.69, 9.17) is 5.41 Å². The summed E-state index contributed by atoms with van der Waals surface area (Å²) >= 11 is 0. The second-order valence-corrected chi connectivity index (χ2v) is 17.5. The molecule has 0 radical (unpaired) electrons. The van der Waals surface area contributed by atoms with Gasteiger partial charge in [-0.1, -0.05) is 113 Å². The third-order valence-corrected chi connectivity index (χ3v) is 7.22. The lowest BCUT2D eigenvalue weighted by molar-refractivity contribution is 0.357. The SMILES string of the molecule is CC1=CC(=C(c2ccc(N(CC(C)(C)C)CC(C)(C)C)cc2)c2ccc(N(CC(C)(C)C)CC(C)(C)C)cc2)C=CC1=N. The second kappa shape index (κ2) is 12.9. The maximum atomic E-state index is 8.28. The molecule has 0 fully saturated rings. The molecular weight excluding hydrogens is 522 g/mol. The fourth-order valence-corrected chi connectivity index (χ4v) is 5.76. The van der Waals surface area contributed by atoms with Gasteiger partial charge in [0.05, 0.1) is 5.71 Å². The van der Waals surface area contributed by atoms with Crippen LogP contribution in [0.4, 0.5) is 11.4 Å². The van der Waals surface area contributed by atoms with Gasteiger partial charge >= 0.3 is 0 Å². The smallest absolute Gasteiger partial charge is 0.0569 e. The van der Waals surface area contributed by atoms with Crippen molar-refractivity contribution in [3.63, 3.8) is 0 Å². The summed E-state index contributed by atoms with van der Waals surface area (Å²) in [6.07, 6.45) is 6.19. The van der Waals surface area contributed by atoms with Crippen LogP contribution in [0.5, 0.6) is 0 Å². The van der Waals surface area contributed by atoms with Crippen molar-refractivity contribution < 1.29 is 0 Å². The Morgan fingerprint density at radius 2 is 0.860 bits per heavy atom. The number of hydrogen-bond donors (Lipinski definition) is 1. The number of anilines is 2. The van der Waals surface area contributed by atoms with Gasteiger partial charge in [-0.2, -0.15) is 0 Å². The van der Waals surface area contributed by atoms with Gasteiger partial charge in [-0.25, -0.2) is 0 Å². The van der Waals surface area contributed by atoms with Crippen LogP contribution in [0.1, 0.15) is 101 Å². The van der Waals surface area contributed by atoms with Crippen LogP contribution in [0.2, 0.25) is 0 Å². The molecule has 1 aliphatic carbocycles. The van der Waals surface area contributed by atoms with Crippen LogP contribution in [0, 0.1) is 27.1 Å². The molecule has 0 aliphatic heterocycles. The summed E-state index contributed by atoms with van der Waals surface area (Å²) in [5.41, 5.74) is 9.65. The Labute approximate surface area is 264 Å². The molecular formula is C40H59N3. The Kier molecular flexibility index (Phi) is 10.3. The monoisotopic (exact) mass is 581 g/mol. The zero-order valence-corrected chi connectivity index (χ0v) is 29.6. The average molecular weight is 582 g/mol. The molecule has 3 nitrogen and oxygen atoms in total. The quantitative estimate of drug-likeness (QED) is 0.336. The van der Waals surface area contributed by atoms with Gasteiger partial charge in [0.25, 0.3) is 0 Å². The number of hydrogen-bond acceptors (Lipinski definition) is 3. The summed E-state index contributed by atoms with van der Waals surface area (Å²) in [5, 5.41) is 8.28. The largest absolute Gasteiger partial charge is 0.370 e. The van der Waals surface area contributed by atoms with E-state index in [2.05, 4.69) is 154 Å². The molecule has 1 N–H and O–H groups in total. The van der Waals surface area contributed by atoms with E-state index < -0.39 is 0 Å². The van der Waals surface area contributed by atoms with Crippen LogP contribution < -0.4 is 9.80 Å². The maximum absolute atomic E-state index is 8.28. The number of benzene rings is 2. The highest BCUT2D eigenvalue weighted by Gasteiger charge is 2.24. The highest BCUT2D eigenvalue weighted by Crippen LogP contribution is 2.35. The van der Waals surface area contributed by atoms with Gasteiger partial charge in [0.2, 0.25) is 0 Å². The van der Waals surface area contributed by atoms with Crippen molar-refractivity contribution in [3.8, 4) is 0 Å². The van der Waals surface area contributed by atoms with Gasteiger partial charge in [-0.3, -0.25) is 0 Å². The van der Waals surface area contributed by atoms with E-state index in [9.17, 15) is 0 Å². The zero-order chi connectivity index (χ0) is 32.4. The Bertz CT molecular complexity index is 1230. The van der Waals surface area contributed by atoms with E-state index in [1.165, 1.54) is 28.1 Å². The predicted octanol–water partition coefficient (Wildman–Crippen LogP) is 10.8. The Morgan fingerprint density at radius 3 is 1.14 bits per heavy atom. The minimum absolute atomic E-state index is 0.201.